The number of hydrogen-bond acceptors (Lipinski definition) is 0. The van der Waals surface area contributed by atoms with Gasteiger partial charge in [0, 0.05) is 11.0 Å². The van der Waals surface area contributed by atoms with Gasteiger partial charge in [-0.3, -0.25) is 0 Å². The van der Waals surface area contributed by atoms with E-state index < -0.39 is 0 Å². The molecule has 4 radical (unpaired) electrons. The quantitative estimate of drug-likeness (QED) is 0.514. The molecular formula is C5H12O2. The Morgan fingerprint density at radius 2 is 1.14 bits per heavy atom. The van der Waals surface area contributed by atoms with Crippen LogP contribution in [0.1, 0.15) is 33.1 Å². The van der Waals surface area contributed by atoms with Gasteiger partial charge in [-0.15, -0.1) is 0 Å². The van der Waals surface area contributed by atoms with Gasteiger partial charge in [0.15, 0.2) is 0 Å². The van der Waals surface area contributed by atoms with E-state index in [0.29, 0.717) is 0 Å². The molecule has 0 saturated carbocycles. The molecule has 0 atom stereocenters. The van der Waals surface area contributed by atoms with Gasteiger partial charge in [-0.05, 0) is 0 Å². The van der Waals surface area contributed by atoms with Gasteiger partial charge in [-0.1, -0.05) is 33.1 Å². The van der Waals surface area contributed by atoms with Crippen LogP contribution in [0.5, 0.6) is 0 Å². The van der Waals surface area contributed by atoms with E-state index in [1.54, 1.807) is 0 Å². The van der Waals surface area contributed by atoms with E-state index in [1.807, 2.05) is 0 Å². The minimum atomic E-state index is 0. The molecule has 0 heterocycles. The molecule has 0 N–H and O–H groups in total. The molecular weight excluding hydrogens is 92.1 g/mol. The van der Waals surface area contributed by atoms with E-state index in [4.69, 9.17) is 0 Å². The van der Waals surface area contributed by atoms with Crippen molar-refractivity contribution in [1.29, 1.82) is 0 Å². The number of hydrogen-bond donors (Lipinski definition) is 0. The Morgan fingerprint density at radius 1 is 0.857 bits per heavy atom. The maximum absolute atomic E-state index is 2.21. The summed E-state index contributed by atoms with van der Waals surface area (Å²) in [7, 11) is 0. The number of rotatable bonds is 2. The molecule has 0 unspecified atom stereocenters. The van der Waals surface area contributed by atoms with Crippen molar-refractivity contribution < 1.29 is 11.0 Å². The maximum atomic E-state index is 2.21. The molecule has 0 aromatic heterocycles. The van der Waals surface area contributed by atoms with Crippen LogP contribution in [0, 0.1) is 0 Å². The van der Waals surface area contributed by atoms with Crippen LogP contribution in [0.15, 0.2) is 0 Å². The highest BCUT2D eigenvalue weighted by Crippen LogP contribution is 1.88. The Labute approximate surface area is 45.2 Å². The van der Waals surface area contributed by atoms with Crippen LogP contribution in [0.3, 0.4) is 0 Å². The largest absolute Gasteiger partial charge is 0.0654 e. The van der Waals surface area contributed by atoms with E-state index >= 15 is 0 Å². The smallest absolute Gasteiger partial charge is 0 e. The minimum absolute atomic E-state index is 0. The summed E-state index contributed by atoms with van der Waals surface area (Å²) in [6, 6.07) is 0. The summed E-state index contributed by atoms with van der Waals surface area (Å²) in [5, 5.41) is 0. The fraction of sp³-hybridized carbons (Fsp3) is 1.00. The second-order valence-corrected chi connectivity index (χ2v) is 1.35. The molecule has 0 saturated heterocycles. The lowest BCUT2D eigenvalue weighted by molar-refractivity contribution is 0.685. The van der Waals surface area contributed by atoms with Crippen molar-refractivity contribution in [2.45, 2.75) is 33.1 Å². The molecule has 0 aliphatic carbocycles. The molecule has 2 heteroatoms. The van der Waals surface area contributed by atoms with Crippen molar-refractivity contribution in [3.63, 3.8) is 0 Å². The van der Waals surface area contributed by atoms with E-state index in [-0.39, 0.29) is 11.0 Å². The van der Waals surface area contributed by atoms with Crippen LogP contribution in [-0.2, 0) is 11.0 Å². The summed E-state index contributed by atoms with van der Waals surface area (Å²) >= 11 is 0. The first kappa shape index (κ1) is 15.8. The Balaban J connectivity index is -0.0000000800. The van der Waals surface area contributed by atoms with Crippen LogP contribution in [-0.4, -0.2) is 0 Å². The molecule has 0 aliphatic heterocycles. The molecule has 0 aliphatic rings. The molecule has 44 valence electrons. The lowest BCUT2D eigenvalue weighted by Gasteiger charge is -1.79. The van der Waals surface area contributed by atoms with Crippen molar-refractivity contribution >= 4 is 0 Å². The zero-order chi connectivity index (χ0) is 4.12. The summed E-state index contributed by atoms with van der Waals surface area (Å²) in [6.45, 7) is 4.42. The highest BCUT2D eigenvalue weighted by atomic mass is 16.0. The van der Waals surface area contributed by atoms with E-state index in [2.05, 4.69) is 13.8 Å². The van der Waals surface area contributed by atoms with Crippen molar-refractivity contribution in [1.82, 2.24) is 0 Å². The van der Waals surface area contributed by atoms with Gasteiger partial charge in [-0.25, -0.2) is 0 Å². The average Bonchev–Trinajstić information content (AvgIpc) is 1.41. The van der Waals surface area contributed by atoms with Gasteiger partial charge in [0.25, 0.3) is 0 Å². The fourth-order valence-corrected chi connectivity index (χ4v) is 0.354. The number of unbranched alkanes of at least 4 members (excludes halogenated alkanes) is 2. The van der Waals surface area contributed by atoms with Gasteiger partial charge < -0.3 is 0 Å². The van der Waals surface area contributed by atoms with Gasteiger partial charge in [-0.2, -0.15) is 0 Å². The van der Waals surface area contributed by atoms with Gasteiger partial charge >= 0.3 is 0 Å². The highest BCUT2D eigenvalue weighted by Gasteiger charge is 1.68. The van der Waals surface area contributed by atoms with Crippen LogP contribution in [0.4, 0.5) is 0 Å². The van der Waals surface area contributed by atoms with E-state index in [0.717, 1.165) is 0 Å². The first-order valence-corrected chi connectivity index (χ1v) is 2.41. The van der Waals surface area contributed by atoms with Crippen LogP contribution in [0.25, 0.3) is 0 Å². The second kappa shape index (κ2) is 16.8. The first-order chi connectivity index (χ1) is 2.41. The first-order valence-electron chi connectivity index (χ1n) is 2.41. The SMILES string of the molecule is CCCCC.[O].[O]. The zero-order valence-electron chi connectivity index (χ0n) is 4.94. The average molecular weight is 104 g/mol. The van der Waals surface area contributed by atoms with Crippen molar-refractivity contribution in [3.8, 4) is 0 Å². The summed E-state index contributed by atoms with van der Waals surface area (Å²) in [5.74, 6) is 0. The molecule has 0 bridgehead atoms. The third kappa shape index (κ3) is 24.7. The standard InChI is InChI=1S/C5H12.2O/c1-3-5-4-2;;/h3-5H2,1-2H3;;. The Hall–Kier alpha value is -0.0800. The molecule has 7 heavy (non-hydrogen) atoms. The topological polar surface area (TPSA) is 57.0 Å². The Bertz CT molecular complexity index is 13.6. The third-order valence-corrected chi connectivity index (χ3v) is 0.707. The van der Waals surface area contributed by atoms with Gasteiger partial charge in [0.1, 0.15) is 0 Å². The lowest BCUT2D eigenvalue weighted by Crippen LogP contribution is -1.59. The van der Waals surface area contributed by atoms with Crippen molar-refractivity contribution in [3.05, 3.63) is 0 Å². The van der Waals surface area contributed by atoms with E-state index in [9.17, 15) is 0 Å². The van der Waals surface area contributed by atoms with Crippen LogP contribution < -0.4 is 0 Å². The zero-order valence-corrected chi connectivity index (χ0v) is 4.94. The molecule has 0 spiro atoms. The van der Waals surface area contributed by atoms with Gasteiger partial charge in [0.05, 0.1) is 0 Å². The minimum Gasteiger partial charge on any atom is -0.0654 e. The Kier molecular flexibility index (Phi) is 37.9. The second-order valence-electron chi connectivity index (χ2n) is 1.35. The molecule has 0 rings (SSSR count). The molecule has 2 nitrogen and oxygen atoms in total. The Morgan fingerprint density at radius 3 is 1.14 bits per heavy atom. The normalized spacial score (nSPS) is 6.00. The maximum Gasteiger partial charge on any atom is 0 e. The predicted octanol–water partition coefficient (Wildman–Crippen LogP) is 1.96. The molecule has 0 aromatic carbocycles. The lowest BCUT2D eigenvalue weighted by atomic mass is 10.3. The summed E-state index contributed by atoms with van der Waals surface area (Å²) < 4.78 is 0. The molecule has 0 aromatic rings. The van der Waals surface area contributed by atoms with Crippen LogP contribution >= 0.6 is 0 Å². The highest BCUT2D eigenvalue weighted by molar-refractivity contribution is 4.24. The molecule has 0 fully saturated rings. The van der Waals surface area contributed by atoms with Crippen molar-refractivity contribution in [2.75, 3.05) is 0 Å². The third-order valence-electron chi connectivity index (χ3n) is 0.707. The molecule has 0 amide bonds. The van der Waals surface area contributed by atoms with Gasteiger partial charge in [0.2, 0.25) is 0 Å². The fourth-order valence-electron chi connectivity index (χ4n) is 0.354. The van der Waals surface area contributed by atoms with Crippen LogP contribution in [0.2, 0.25) is 0 Å². The van der Waals surface area contributed by atoms with Crippen molar-refractivity contribution in [2.24, 2.45) is 0 Å². The summed E-state index contributed by atoms with van der Waals surface area (Å²) in [5.41, 5.74) is 0. The monoisotopic (exact) mass is 104 g/mol. The van der Waals surface area contributed by atoms with E-state index in [1.165, 1.54) is 19.3 Å². The summed E-state index contributed by atoms with van der Waals surface area (Å²) in [6.07, 6.45) is 4.08. The summed E-state index contributed by atoms with van der Waals surface area (Å²) in [4.78, 5) is 0. The predicted molar refractivity (Wildman–Crippen MR) is 26.6 cm³/mol.